The molecule has 1 fully saturated rings. The average Bonchev–Trinajstić information content (AvgIpc) is 3.56. The number of unbranched alkanes of at least 4 members (excludes halogenated alkanes) is 1. The molecule has 1 aliphatic rings. The maximum absolute atomic E-state index is 6.21. The fourth-order valence-corrected chi connectivity index (χ4v) is 4.90. The van der Waals surface area contributed by atoms with E-state index in [0.29, 0.717) is 44.2 Å². The van der Waals surface area contributed by atoms with Crippen LogP contribution in [-0.4, -0.2) is 46.0 Å². The van der Waals surface area contributed by atoms with Gasteiger partial charge in [-0.1, -0.05) is 29.3 Å². The van der Waals surface area contributed by atoms with Crippen molar-refractivity contribution in [3.63, 3.8) is 0 Å². The molecule has 0 spiro atoms. The maximum Gasteiger partial charge on any atom is 0.249 e. The zero-order valence-corrected chi connectivity index (χ0v) is 19.8. The van der Waals surface area contributed by atoms with E-state index >= 15 is 0 Å². The molecule has 5 rings (SSSR count). The molecule has 1 aliphatic heterocycles. The number of anilines is 1. The monoisotopic (exact) mass is 487 g/mol. The predicted molar refractivity (Wildman–Crippen MR) is 132 cm³/mol. The van der Waals surface area contributed by atoms with Crippen molar-refractivity contribution in [3.8, 4) is 22.2 Å². The molecule has 0 unspecified atom stereocenters. The number of rotatable bonds is 8. The van der Waals surface area contributed by atoms with Crippen LogP contribution in [0.25, 0.3) is 33.3 Å². The quantitative estimate of drug-likeness (QED) is 0.282. The number of oxazole rings is 1. The van der Waals surface area contributed by atoms with E-state index in [1.54, 1.807) is 29.7 Å². The molecule has 0 aliphatic carbocycles. The molecule has 1 saturated heterocycles. The number of hydrogen-bond acceptors (Lipinski definition) is 7. The molecular formula is C23H23Cl2N5OS. The summed E-state index contributed by atoms with van der Waals surface area (Å²) in [5.74, 6) is 1.77. The number of hydrogen-bond donors (Lipinski definition) is 1. The fraction of sp³-hybridized carbons (Fsp3) is 0.348. The van der Waals surface area contributed by atoms with Crippen molar-refractivity contribution in [1.29, 1.82) is 0 Å². The fourth-order valence-electron chi connectivity index (χ4n) is 3.91. The van der Waals surface area contributed by atoms with Crippen LogP contribution in [0.5, 0.6) is 0 Å². The van der Waals surface area contributed by atoms with E-state index in [1.807, 2.05) is 17.5 Å². The number of fused-ring (bicyclic) bond motifs is 1. The van der Waals surface area contributed by atoms with Crippen molar-refractivity contribution in [2.24, 2.45) is 0 Å². The molecule has 4 aromatic rings. The van der Waals surface area contributed by atoms with Gasteiger partial charge < -0.3 is 14.6 Å². The van der Waals surface area contributed by atoms with Crippen molar-refractivity contribution in [3.05, 3.63) is 45.9 Å². The van der Waals surface area contributed by atoms with Crippen molar-refractivity contribution >= 4 is 51.4 Å². The Morgan fingerprint density at radius 2 is 1.84 bits per heavy atom. The van der Waals surface area contributed by atoms with Crippen molar-refractivity contribution in [2.45, 2.75) is 25.7 Å². The van der Waals surface area contributed by atoms with E-state index in [-0.39, 0.29) is 0 Å². The summed E-state index contributed by atoms with van der Waals surface area (Å²) in [6, 6.07) is 7.45. The minimum Gasteiger partial charge on any atom is -0.434 e. The lowest BCUT2D eigenvalue weighted by atomic mass is 10.2. The first-order valence-electron chi connectivity index (χ1n) is 10.8. The predicted octanol–water partition coefficient (Wildman–Crippen LogP) is 6.61. The molecule has 32 heavy (non-hydrogen) atoms. The average molecular weight is 488 g/mol. The second-order valence-corrected chi connectivity index (χ2v) is 9.63. The van der Waals surface area contributed by atoms with E-state index in [4.69, 9.17) is 37.6 Å². The highest BCUT2D eigenvalue weighted by Crippen LogP contribution is 2.33. The minimum absolute atomic E-state index is 0.424. The summed E-state index contributed by atoms with van der Waals surface area (Å²) in [6.07, 6.45) is 6.56. The lowest BCUT2D eigenvalue weighted by molar-refractivity contribution is 0.331. The van der Waals surface area contributed by atoms with Crippen LogP contribution >= 0.6 is 34.5 Å². The number of nitrogens with zero attached hydrogens (tertiary/aromatic N) is 4. The van der Waals surface area contributed by atoms with E-state index in [0.717, 1.165) is 30.8 Å². The number of aromatic nitrogens is 3. The third-order valence-corrected chi connectivity index (χ3v) is 7.18. The van der Waals surface area contributed by atoms with Crippen LogP contribution in [0.2, 0.25) is 10.0 Å². The molecular weight excluding hydrogens is 465 g/mol. The lowest BCUT2D eigenvalue weighted by Gasteiger charge is -2.14. The van der Waals surface area contributed by atoms with Gasteiger partial charge in [-0.2, -0.15) is 0 Å². The molecule has 0 atom stereocenters. The highest BCUT2D eigenvalue weighted by molar-refractivity contribution is 7.13. The molecule has 0 radical (unpaired) electrons. The molecule has 0 saturated carbocycles. The Labute approximate surface area is 200 Å². The first kappa shape index (κ1) is 21.6. The third kappa shape index (κ3) is 4.76. The number of nitrogens with one attached hydrogen (secondary N) is 1. The first-order valence-corrected chi connectivity index (χ1v) is 12.4. The normalized spacial score (nSPS) is 14.4. The molecule has 9 heteroatoms. The molecule has 4 heterocycles. The summed E-state index contributed by atoms with van der Waals surface area (Å²) in [4.78, 5) is 17.6. The topological polar surface area (TPSA) is 67.1 Å². The van der Waals surface area contributed by atoms with Crippen LogP contribution in [0, 0.1) is 0 Å². The van der Waals surface area contributed by atoms with E-state index in [2.05, 4.69) is 15.2 Å². The standard InChI is InChI=1S/C23H23Cl2N5OS/c24-15-12-17-18(13-16(15)25)29-22(26-7-1-2-8-30-9-3-4-10-30)21(28-17)23-27-14-19(31-23)20-6-5-11-32-20/h5-6,11-14H,1-4,7-10H2,(H,26,29). The summed E-state index contributed by atoms with van der Waals surface area (Å²) in [6.45, 7) is 4.40. The Morgan fingerprint density at radius 3 is 2.59 bits per heavy atom. The molecule has 0 amide bonds. The van der Waals surface area contributed by atoms with Crippen LogP contribution in [0.3, 0.4) is 0 Å². The second-order valence-electron chi connectivity index (χ2n) is 7.87. The summed E-state index contributed by atoms with van der Waals surface area (Å²) < 4.78 is 6.04. The molecule has 6 nitrogen and oxygen atoms in total. The largest absolute Gasteiger partial charge is 0.434 e. The highest BCUT2D eigenvalue weighted by Gasteiger charge is 2.18. The van der Waals surface area contributed by atoms with Crippen LogP contribution in [0.15, 0.2) is 40.3 Å². The Kier molecular flexibility index (Phi) is 6.59. The first-order chi connectivity index (χ1) is 15.7. The molecule has 0 bridgehead atoms. The van der Waals surface area contributed by atoms with Gasteiger partial charge in [-0.25, -0.2) is 15.0 Å². The van der Waals surface area contributed by atoms with Crippen LogP contribution in [-0.2, 0) is 0 Å². The van der Waals surface area contributed by atoms with Crippen LogP contribution in [0.1, 0.15) is 25.7 Å². The summed E-state index contributed by atoms with van der Waals surface area (Å²) in [5.41, 5.74) is 1.89. The van der Waals surface area contributed by atoms with E-state index in [1.165, 1.54) is 25.9 Å². The van der Waals surface area contributed by atoms with Crippen molar-refractivity contribution in [1.82, 2.24) is 19.9 Å². The lowest BCUT2D eigenvalue weighted by Crippen LogP contribution is -2.21. The number of benzene rings is 1. The van der Waals surface area contributed by atoms with Gasteiger partial charge in [0.25, 0.3) is 0 Å². The Bertz CT molecular complexity index is 1200. The number of halogens is 2. The second kappa shape index (κ2) is 9.75. The van der Waals surface area contributed by atoms with E-state index in [9.17, 15) is 0 Å². The van der Waals surface area contributed by atoms with Crippen LogP contribution in [0.4, 0.5) is 5.82 Å². The van der Waals surface area contributed by atoms with Crippen molar-refractivity contribution < 1.29 is 4.42 Å². The SMILES string of the molecule is Clc1cc2nc(NCCCCN3CCCC3)c(-c3ncc(-c4cccs4)o3)nc2cc1Cl. The van der Waals surface area contributed by atoms with Crippen molar-refractivity contribution in [2.75, 3.05) is 31.5 Å². The van der Waals surface area contributed by atoms with Gasteiger partial charge in [0.05, 0.1) is 32.2 Å². The Balaban J connectivity index is 1.39. The van der Waals surface area contributed by atoms with Gasteiger partial charge in [-0.3, -0.25) is 0 Å². The maximum atomic E-state index is 6.21. The van der Waals surface area contributed by atoms with Gasteiger partial charge in [0.1, 0.15) is 0 Å². The van der Waals surface area contributed by atoms with Gasteiger partial charge in [0, 0.05) is 6.54 Å². The minimum atomic E-state index is 0.424. The van der Waals surface area contributed by atoms with Gasteiger partial charge in [0.2, 0.25) is 5.89 Å². The number of thiophene rings is 1. The van der Waals surface area contributed by atoms with Gasteiger partial charge in [-0.15, -0.1) is 11.3 Å². The third-order valence-electron chi connectivity index (χ3n) is 5.57. The smallest absolute Gasteiger partial charge is 0.249 e. The van der Waals surface area contributed by atoms with Gasteiger partial charge in [0.15, 0.2) is 17.3 Å². The Hall–Kier alpha value is -2.19. The highest BCUT2D eigenvalue weighted by atomic mass is 35.5. The van der Waals surface area contributed by atoms with Crippen LogP contribution < -0.4 is 5.32 Å². The van der Waals surface area contributed by atoms with Gasteiger partial charge >= 0.3 is 0 Å². The summed E-state index contributed by atoms with van der Waals surface area (Å²) in [7, 11) is 0. The summed E-state index contributed by atoms with van der Waals surface area (Å²) in [5, 5.41) is 6.34. The molecule has 1 aromatic carbocycles. The summed E-state index contributed by atoms with van der Waals surface area (Å²) >= 11 is 14.0. The molecule has 166 valence electrons. The Morgan fingerprint density at radius 1 is 1.06 bits per heavy atom. The zero-order valence-electron chi connectivity index (χ0n) is 17.5. The van der Waals surface area contributed by atoms with Gasteiger partial charge in [-0.05, 0) is 68.9 Å². The zero-order chi connectivity index (χ0) is 21.9. The molecule has 3 aromatic heterocycles. The number of likely N-dealkylation sites (tertiary alicyclic amines) is 1. The molecule has 1 N–H and O–H groups in total. The van der Waals surface area contributed by atoms with E-state index < -0.39 is 0 Å².